The molecule has 1 N–H and O–H groups in total. The standard InChI is InChI=1S/C19H26N4O2/c1-15-10-16(2)12-17(11-15)4-5-18(24)22-8-3-6-19(25,13-22)14-23-9-7-20-21-23/h7,9-12,25H,3-6,8,13-14H2,1-2H3. The summed E-state index contributed by atoms with van der Waals surface area (Å²) in [6, 6.07) is 6.41. The molecule has 6 heteroatoms. The lowest BCUT2D eigenvalue weighted by molar-refractivity contribution is -0.139. The molecule has 1 aromatic carbocycles. The number of hydrogen-bond donors (Lipinski definition) is 1. The number of aryl methyl sites for hydroxylation is 3. The Morgan fingerprint density at radius 2 is 2.04 bits per heavy atom. The van der Waals surface area contributed by atoms with E-state index in [0.717, 1.165) is 12.8 Å². The molecular formula is C19H26N4O2. The third-order valence-corrected chi connectivity index (χ3v) is 4.75. The molecule has 0 spiro atoms. The third kappa shape index (κ3) is 4.66. The van der Waals surface area contributed by atoms with Gasteiger partial charge in [0.05, 0.1) is 19.3 Å². The number of aliphatic hydroxyl groups is 1. The van der Waals surface area contributed by atoms with E-state index in [1.165, 1.54) is 16.7 Å². The van der Waals surface area contributed by atoms with E-state index in [4.69, 9.17) is 0 Å². The van der Waals surface area contributed by atoms with Gasteiger partial charge in [-0.2, -0.15) is 0 Å². The fourth-order valence-electron chi connectivity index (χ4n) is 3.70. The number of nitrogens with zero attached hydrogens (tertiary/aromatic N) is 4. The molecule has 1 fully saturated rings. The van der Waals surface area contributed by atoms with Crippen LogP contribution < -0.4 is 0 Å². The number of likely N-dealkylation sites (tertiary alicyclic amines) is 1. The lowest BCUT2D eigenvalue weighted by Crippen LogP contribution is -2.52. The summed E-state index contributed by atoms with van der Waals surface area (Å²) in [4.78, 5) is 14.4. The molecule has 1 aliphatic rings. The van der Waals surface area contributed by atoms with E-state index in [0.29, 0.717) is 32.5 Å². The summed E-state index contributed by atoms with van der Waals surface area (Å²) in [7, 11) is 0. The zero-order chi connectivity index (χ0) is 17.9. The molecule has 1 amide bonds. The molecule has 2 aromatic rings. The van der Waals surface area contributed by atoms with Crippen molar-refractivity contribution >= 4 is 5.91 Å². The molecular weight excluding hydrogens is 316 g/mol. The van der Waals surface area contributed by atoms with Gasteiger partial charge in [-0.1, -0.05) is 34.5 Å². The minimum Gasteiger partial charge on any atom is -0.386 e. The summed E-state index contributed by atoms with van der Waals surface area (Å²) >= 11 is 0. The molecule has 25 heavy (non-hydrogen) atoms. The van der Waals surface area contributed by atoms with E-state index in [1.54, 1.807) is 22.0 Å². The number of carbonyl (C=O) groups is 1. The Hall–Kier alpha value is -2.21. The summed E-state index contributed by atoms with van der Waals surface area (Å²) in [5.41, 5.74) is 2.72. The Kier molecular flexibility index (Phi) is 5.18. The van der Waals surface area contributed by atoms with E-state index in [2.05, 4.69) is 42.4 Å². The van der Waals surface area contributed by atoms with Gasteiger partial charge < -0.3 is 10.0 Å². The number of β-amino-alcohol motifs (C(OH)–C–C–N with tert-alkyl or cyclic N) is 1. The Bertz CT molecular complexity index is 709. The van der Waals surface area contributed by atoms with Crippen LogP contribution in [0.15, 0.2) is 30.6 Å². The van der Waals surface area contributed by atoms with Crippen LogP contribution in [0.5, 0.6) is 0 Å². The van der Waals surface area contributed by atoms with Gasteiger partial charge in [-0.3, -0.25) is 4.79 Å². The quantitative estimate of drug-likeness (QED) is 0.901. The number of benzene rings is 1. The van der Waals surface area contributed by atoms with Crippen molar-refractivity contribution in [3.05, 3.63) is 47.3 Å². The van der Waals surface area contributed by atoms with Crippen molar-refractivity contribution in [1.29, 1.82) is 0 Å². The third-order valence-electron chi connectivity index (χ3n) is 4.75. The number of amides is 1. The molecule has 0 bridgehead atoms. The molecule has 1 aliphatic heterocycles. The average molecular weight is 342 g/mol. The lowest BCUT2D eigenvalue weighted by atomic mass is 9.92. The highest BCUT2D eigenvalue weighted by molar-refractivity contribution is 5.76. The average Bonchev–Trinajstić information content (AvgIpc) is 3.04. The van der Waals surface area contributed by atoms with Crippen LogP contribution in [-0.2, 0) is 17.8 Å². The Labute approximate surface area is 148 Å². The van der Waals surface area contributed by atoms with Gasteiger partial charge in [-0.05, 0) is 38.7 Å². The minimum absolute atomic E-state index is 0.107. The Balaban J connectivity index is 1.58. The molecule has 1 atom stereocenters. The van der Waals surface area contributed by atoms with Crippen LogP contribution >= 0.6 is 0 Å². The summed E-state index contributed by atoms with van der Waals surface area (Å²) in [6.45, 7) is 5.60. The predicted molar refractivity (Wildman–Crippen MR) is 95.0 cm³/mol. The molecule has 1 saturated heterocycles. The van der Waals surface area contributed by atoms with Gasteiger partial charge in [0.2, 0.25) is 5.91 Å². The van der Waals surface area contributed by atoms with E-state index in [1.807, 2.05) is 0 Å². The van der Waals surface area contributed by atoms with Crippen molar-refractivity contribution in [2.24, 2.45) is 0 Å². The topological polar surface area (TPSA) is 71.2 Å². The molecule has 1 unspecified atom stereocenters. The number of rotatable bonds is 5. The molecule has 134 valence electrons. The fourth-order valence-corrected chi connectivity index (χ4v) is 3.70. The first-order valence-corrected chi connectivity index (χ1v) is 8.85. The molecule has 0 radical (unpaired) electrons. The maximum absolute atomic E-state index is 12.6. The normalized spacial score (nSPS) is 20.7. The maximum Gasteiger partial charge on any atom is 0.223 e. The highest BCUT2D eigenvalue weighted by Gasteiger charge is 2.35. The molecule has 3 rings (SSSR count). The Morgan fingerprint density at radius 3 is 2.72 bits per heavy atom. The predicted octanol–water partition coefficient (Wildman–Crippen LogP) is 1.88. The van der Waals surface area contributed by atoms with Gasteiger partial charge in [0.1, 0.15) is 5.60 Å². The van der Waals surface area contributed by atoms with Crippen molar-refractivity contribution in [2.45, 2.75) is 51.7 Å². The fraction of sp³-hybridized carbons (Fsp3) is 0.526. The van der Waals surface area contributed by atoms with Crippen LogP contribution in [0, 0.1) is 13.8 Å². The van der Waals surface area contributed by atoms with Crippen molar-refractivity contribution in [3.63, 3.8) is 0 Å². The van der Waals surface area contributed by atoms with Gasteiger partial charge >= 0.3 is 0 Å². The lowest BCUT2D eigenvalue weighted by Gasteiger charge is -2.39. The number of carbonyl (C=O) groups excluding carboxylic acids is 1. The van der Waals surface area contributed by atoms with Crippen LogP contribution in [0.3, 0.4) is 0 Å². The summed E-state index contributed by atoms with van der Waals surface area (Å²) < 4.78 is 1.63. The smallest absolute Gasteiger partial charge is 0.223 e. The highest BCUT2D eigenvalue weighted by atomic mass is 16.3. The maximum atomic E-state index is 12.6. The SMILES string of the molecule is Cc1cc(C)cc(CCC(=O)N2CCCC(O)(Cn3ccnn3)C2)c1. The first-order chi connectivity index (χ1) is 11.9. The van der Waals surface area contributed by atoms with Crippen molar-refractivity contribution in [1.82, 2.24) is 19.9 Å². The number of hydrogen-bond acceptors (Lipinski definition) is 4. The zero-order valence-electron chi connectivity index (χ0n) is 15.0. The van der Waals surface area contributed by atoms with Gasteiger partial charge in [0.25, 0.3) is 0 Å². The zero-order valence-corrected chi connectivity index (χ0v) is 15.0. The van der Waals surface area contributed by atoms with Crippen molar-refractivity contribution < 1.29 is 9.90 Å². The first kappa shape index (κ1) is 17.6. The van der Waals surface area contributed by atoms with Crippen LogP contribution in [0.1, 0.15) is 36.0 Å². The number of aromatic nitrogens is 3. The van der Waals surface area contributed by atoms with Gasteiger partial charge in [-0.25, -0.2) is 4.68 Å². The van der Waals surface area contributed by atoms with Crippen LogP contribution in [0.25, 0.3) is 0 Å². The first-order valence-electron chi connectivity index (χ1n) is 8.85. The minimum atomic E-state index is -0.929. The summed E-state index contributed by atoms with van der Waals surface area (Å²) in [6.07, 6.45) is 6.02. The molecule has 0 aliphatic carbocycles. The Morgan fingerprint density at radius 1 is 1.28 bits per heavy atom. The molecule has 1 aromatic heterocycles. The van der Waals surface area contributed by atoms with Gasteiger partial charge in [0, 0.05) is 19.2 Å². The summed E-state index contributed by atoms with van der Waals surface area (Å²) in [5, 5.41) is 18.5. The summed E-state index contributed by atoms with van der Waals surface area (Å²) in [5.74, 6) is 0.107. The van der Waals surface area contributed by atoms with E-state index < -0.39 is 5.60 Å². The molecule has 6 nitrogen and oxygen atoms in total. The van der Waals surface area contributed by atoms with E-state index >= 15 is 0 Å². The van der Waals surface area contributed by atoms with Crippen molar-refractivity contribution in [2.75, 3.05) is 13.1 Å². The van der Waals surface area contributed by atoms with Crippen LogP contribution in [0.2, 0.25) is 0 Å². The van der Waals surface area contributed by atoms with E-state index in [-0.39, 0.29) is 5.91 Å². The van der Waals surface area contributed by atoms with Crippen LogP contribution in [-0.4, -0.2) is 49.6 Å². The second-order valence-corrected chi connectivity index (χ2v) is 7.24. The van der Waals surface area contributed by atoms with Crippen molar-refractivity contribution in [3.8, 4) is 0 Å². The van der Waals surface area contributed by atoms with Crippen LogP contribution in [0.4, 0.5) is 0 Å². The highest BCUT2D eigenvalue weighted by Crippen LogP contribution is 2.23. The van der Waals surface area contributed by atoms with E-state index in [9.17, 15) is 9.90 Å². The number of piperidine rings is 1. The molecule has 0 saturated carbocycles. The van der Waals surface area contributed by atoms with Gasteiger partial charge in [0.15, 0.2) is 0 Å². The largest absolute Gasteiger partial charge is 0.386 e. The molecule has 2 heterocycles. The second-order valence-electron chi connectivity index (χ2n) is 7.24. The second kappa shape index (κ2) is 7.35. The van der Waals surface area contributed by atoms with Gasteiger partial charge in [-0.15, -0.1) is 5.10 Å². The monoisotopic (exact) mass is 342 g/mol.